The summed E-state index contributed by atoms with van der Waals surface area (Å²) in [5.74, 6) is 1.01. The number of nitrogens with zero attached hydrogens (tertiary/aromatic N) is 2. The average Bonchev–Trinajstić information content (AvgIpc) is 3.06. The first kappa shape index (κ1) is 16.1. The number of hydrogen-bond acceptors (Lipinski definition) is 4. The van der Waals surface area contributed by atoms with Gasteiger partial charge < -0.3 is 0 Å². The maximum absolute atomic E-state index is 11.3. The summed E-state index contributed by atoms with van der Waals surface area (Å²) in [6, 6.07) is 8.92. The average molecular weight is 331 g/mol. The van der Waals surface area contributed by atoms with Crippen LogP contribution in [0.25, 0.3) is 0 Å². The lowest BCUT2D eigenvalue weighted by Crippen LogP contribution is -2.11. The van der Waals surface area contributed by atoms with Crippen LogP contribution in [0.1, 0.15) is 37.4 Å². The van der Waals surface area contributed by atoms with Crippen molar-refractivity contribution in [3.8, 4) is 0 Å². The summed E-state index contributed by atoms with van der Waals surface area (Å²) in [6.07, 6.45) is 5.34. The Balaban J connectivity index is 1.71. The van der Waals surface area contributed by atoms with Gasteiger partial charge in [0.05, 0.1) is 4.90 Å². The summed E-state index contributed by atoms with van der Waals surface area (Å²) in [6.45, 7) is 4.52. The van der Waals surface area contributed by atoms with Crippen LogP contribution >= 0.6 is 0 Å². The fourth-order valence-corrected chi connectivity index (χ4v) is 4.09. The topological polar surface area (TPSA) is 85.9 Å². The van der Waals surface area contributed by atoms with E-state index in [2.05, 4.69) is 23.8 Å². The minimum absolute atomic E-state index is 0.164. The van der Waals surface area contributed by atoms with Crippen molar-refractivity contribution in [2.75, 3.05) is 0 Å². The zero-order chi connectivity index (χ0) is 16.7. The predicted molar refractivity (Wildman–Crippen MR) is 88.2 cm³/mol. The molecule has 1 saturated carbocycles. The summed E-state index contributed by atoms with van der Waals surface area (Å²) >= 11 is 0. The summed E-state index contributed by atoms with van der Waals surface area (Å²) in [7, 11) is -3.63. The van der Waals surface area contributed by atoms with E-state index in [1.54, 1.807) is 24.7 Å². The predicted octanol–water partition coefficient (Wildman–Crippen LogP) is 2.50. The number of aryl methyl sites for hydroxylation is 1. The highest BCUT2D eigenvalue weighted by Gasteiger charge is 2.57. The third-order valence-electron chi connectivity index (χ3n) is 4.97. The van der Waals surface area contributed by atoms with Crippen LogP contribution in [0, 0.1) is 11.3 Å². The highest BCUT2D eigenvalue weighted by atomic mass is 32.2. The minimum Gasteiger partial charge on any atom is -0.245 e. The van der Waals surface area contributed by atoms with Gasteiger partial charge in [0.15, 0.2) is 0 Å². The van der Waals surface area contributed by atoms with E-state index in [1.165, 1.54) is 5.56 Å². The molecular weight excluding hydrogens is 310 g/mol. The lowest BCUT2D eigenvalue weighted by atomic mass is 10.0. The molecule has 0 aliphatic heterocycles. The standard InChI is InChI=1S/C17H21N3O2S/c1-17(2)15(8-5-13-9-10-19-11-20-13)16(17)12-3-6-14(7-4-12)23(18,21)22/h3-4,6-7,9-11,15-16H,5,8H2,1-2H3,(H2,18,21,22). The van der Waals surface area contributed by atoms with Gasteiger partial charge in [0.2, 0.25) is 10.0 Å². The van der Waals surface area contributed by atoms with E-state index in [9.17, 15) is 8.42 Å². The molecule has 0 bridgehead atoms. The van der Waals surface area contributed by atoms with Crippen molar-refractivity contribution in [1.29, 1.82) is 0 Å². The summed E-state index contributed by atoms with van der Waals surface area (Å²) in [4.78, 5) is 8.37. The van der Waals surface area contributed by atoms with Crippen LogP contribution in [0.4, 0.5) is 0 Å². The maximum Gasteiger partial charge on any atom is 0.238 e. The Labute approximate surface area is 137 Å². The largest absolute Gasteiger partial charge is 0.245 e. The van der Waals surface area contributed by atoms with E-state index in [1.807, 2.05) is 18.2 Å². The molecule has 0 radical (unpaired) electrons. The zero-order valence-corrected chi connectivity index (χ0v) is 14.1. The number of hydrogen-bond donors (Lipinski definition) is 1. The molecule has 1 aliphatic carbocycles. The van der Waals surface area contributed by atoms with Gasteiger partial charge in [-0.15, -0.1) is 0 Å². The van der Waals surface area contributed by atoms with Crippen molar-refractivity contribution in [3.05, 3.63) is 54.1 Å². The lowest BCUT2D eigenvalue weighted by molar-refractivity contribution is 0.528. The van der Waals surface area contributed by atoms with Gasteiger partial charge in [-0.1, -0.05) is 26.0 Å². The molecule has 0 saturated heterocycles. The van der Waals surface area contributed by atoms with E-state index >= 15 is 0 Å². The van der Waals surface area contributed by atoms with Gasteiger partial charge in [0.25, 0.3) is 0 Å². The van der Waals surface area contributed by atoms with Crippen LogP contribution in [-0.2, 0) is 16.4 Å². The molecule has 1 aliphatic rings. The third-order valence-corrected chi connectivity index (χ3v) is 5.90. The number of benzene rings is 1. The van der Waals surface area contributed by atoms with Gasteiger partial charge in [0, 0.05) is 11.9 Å². The Morgan fingerprint density at radius 1 is 1.17 bits per heavy atom. The van der Waals surface area contributed by atoms with Gasteiger partial charge in [-0.25, -0.2) is 23.5 Å². The van der Waals surface area contributed by atoms with Crippen molar-refractivity contribution in [1.82, 2.24) is 9.97 Å². The van der Waals surface area contributed by atoms with Crippen LogP contribution in [0.5, 0.6) is 0 Å². The molecule has 1 heterocycles. The summed E-state index contributed by atoms with van der Waals surface area (Å²) < 4.78 is 22.7. The highest BCUT2D eigenvalue weighted by molar-refractivity contribution is 7.89. The molecule has 1 fully saturated rings. The molecule has 23 heavy (non-hydrogen) atoms. The number of aromatic nitrogens is 2. The zero-order valence-electron chi connectivity index (χ0n) is 13.3. The molecule has 0 spiro atoms. The maximum atomic E-state index is 11.3. The first-order valence-corrected chi connectivity index (χ1v) is 9.22. The molecule has 6 heteroatoms. The lowest BCUT2D eigenvalue weighted by Gasteiger charge is -2.04. The number of primary sulfonamides is 1. The van der Waals surface area contributed by atoms with Gasteiger partial charge in [-0.3, -0.25) is 0 Å². The molecule has 2 atom stereocenters. The first-order chi connectivity index (χ1) is 10.8. The molecule has 2 unspecified atom stereocenters. The molecule has 5 nitrogen and oxygen atoms in total. The van der Waals surface area contributed by atoms with E-state index in [-0.39, 0.29) is 10.3 Å². The van der Waals surface area contributed by atoms with Crippen LogP contribution in [0.3, 0.4) is 0 Å². The van der Waals surface area contributed by atoms with Gasteiger partial charge in [-0.2, -0.15) is 0 Å². The van der Waals surface area contributed by atoms with E-state index in [4.69, 9.17) is 5.14 Å². The van der Waals surface area contributed by atoms with E-state index in [0.717, 1.165) is 18.5 Å². The molecule has 122 valence electrons. The van der Waals surface area contributed by atoms with Crippen LogP contribution < -0.4 is 5.14 Å². The Morgan fingerprint density at radius 2 is 1.87 bits per heavy atom. The van der Waals surface area contributed by atoms with E-state index in [0.29, 0.717) is 11.8 Å². The second kappa shape index (κ2) is 5.69. The smallest absolute Gasteiger partial charge is 0.238 e. The van der Waals surface area contributed by atoms with Gasteiger partial charge in [-0.05, 0) is 53.9 Å². The molecule has 3 rings (SSSR count). The minimum atomic E-state index is -3.63. The number of sulfonamides is 1. The normalized spacial score (nSPS) is 22.7. The van der Waals surface area contributed by atoms with Crippen molar-refractivity contribution in [2.24, 2.45) is 16.5 Å². The molecule has 1 aromatic carbocycles. The van der Waals surface area contributed by atoms with Gasteiger partial charge >= 0.3 is 0 Å². The molecule has 2 aromatic rings. The van der Waals surface area contributed by atoms with E-state index < -0.39 is 10.0 Å². The second-order valence-corrected chi connectivity index (χ2v) is 8.32. The van der Waals surface area contributed by atoms with Crippen molar-refractivity contribution in [3.63, 3.8) is 0 Å². The Bertz CT molecular complexity index is 786. The molecular formula is C17H21N3O2S. The Hall–Kier alpha value is -1.79. The summed E-state index contributed by atoms with van der Waals surface area (Å²) in [5, 5.41) is 5.15. The SMILES string of the molecule is CC1(C)C(CCc2ccncn2)C1c1ccc(S(N)(=O)=O)cc1. The Morgan fingerprint density at radius 3 is 2.43 bits per heavy atom. The number of rotatable bonds is 5. The van der Waals surface area contributed by atoms with Crippen molar-refractivity contribution < 1.29 is 8.42 Å². The fourth-order valence-electron chi connectivity index (χ4n) is 3.58. The molecule has 2 N–H and O–H groups in total. The quantitative estimate of drug-likeness (QED) is 0.912. The fraction of sp³-hybridized carbons (Fsp3) is 0.412. The van der Waals surface area contributed by atoms with Crippen LogP contribution in [0.15, 0.2) is 47.8 Å². The summed E-state index contributed by atoms with van der Waals surface area (Å²) in [5.41, 5.74) is 2.46. The number of nitrogens with two attached hydrogens (primary N) is 1. The van der Waals surface area contributed by atoms with Crippen LogP contribution in [0.2, 0.25) is 0 Å². The third kappa shape index (κ3) is 3.28. The monoisotopic (exact) mass is 331 g/mol. The Kier molecular flexibility index (Phi) is 3.98. The van der Waals surface area contributed by atoms with Crippen molar-refractivity contribution >= 4 is 10.0 Å². The molecule has 1 aromatic heterocycles. The highest BCUT2D eigenvalue weighted by Crippen LogP contribution is 2.66. The first-order valence-electron chi connectivity index (χ1n) is 7.68. The molecule has 0 amide bonds. The van der Waals surface area contributed by atoms with Crippen molar-refractivity contribution in [2.45, 2.75) is 37.5 Å². The van der Waals surface area contributed by atoms with Crippen LogP contribution in [-0.4, -0.2) is 18.4 Å². The second-order valence-electron chi connectivity index (χ2n) is 6.76. The van der Waals surface area contributed by atoms with Gasteiger partial charge in [0.1, 0.15) is 6.33 Å².